The van der Waals surface area contributed by atoms with Crippen LogP contribution in [0.25, 0.3) is 11.0 Å². The molecule has 3 heterocycles. The second-order valence-electron chi connectivity index (χ2n) is 17.4. The van der Waals surface area contributed by atoms with Gasteiger partial charge >= 0.3 is 12.1 Å². The number of halogens is 2. The number of pyridine rings is 1. The fourth-order valence-corrected chi connectivity index (χ4v) is 7.99. The molecule has 1 aliphatic heterocycles. The molecule has 1 aromatic carbocycles. The lowest BCUT2D eigenvalue weighted by atomic mass is 9.74. The number of fused-ring (bicyclic) bond motifs is 1. The molecule has 394 valence electrons. The summed E-state index contributed by atoms with van der Waals surface area (Å²) in [7, 11) is 0. The molecule has 2 amide bonds. The molecule has 4 rings (SSSR count). The Kier molecular flexibility index (Phi) is 28.4. The third-order valence-electron chi connectivity index (χ3n) is 10.8. The number of hydrogen-bond donors (Lipinski definition) is 1. The first-order chi connectivity index (χ1) is 33.9. The van der Waals surface area contributed by atoms with Crippen molar-refractivity contribution in [1.82, 2.24) is 23.6 Å². The van der Waals surface area contributed by atoms with E-state index in [1.54, 1.807) is 29.4 Å². The summed E-state index contributed by atoms with van der Waals surface area (Å²) in [6, 6.07) is 7.47. The van der Waals surface area contributed by atoms with E-state index in [2.05, 4.69) is 20.9 Å². The van der Waals surface area contributed by atoms with Crippen molar-refractivity contribution in [3.05, 3.63) is 53.1 Å². The van der Waals surface area contributed by atoms with Crippen molar-refractivity contribution in [3.63, 3.8) is 0 Å². The topological polar surface area (TPSA) is 193 Å². The molecule has 70 heavy (non-hydrogen) atoms. The maximum atomic E-state index is 13.0. The number of nitrogens with one attached hydrogen (secondary N) is 1. The minimum atomic E-state index is -0.555. The van der Waals surface area contributed by atoms with Crippen molar-refractivity contribution >= 4 is 58.9 Å². The molecule has 1 aliphatic rings. The number of aryl methyl sites for hydroxylation is 1. The summed E-state index contributed by atoms with van der Waals surface area (Å²) in [4.78, 5) is 47.5. The van der Waals surface area contributed by atoms with Gasteiger partial charge in [-0.25, -0.2) is 14.1 Å². The van der Waals surface area contributed by atoms with Gasteiger partial charge in [-0.1, -0.05) is 18.5 Å². The summed E-state index contributed by atoms with van der Waals surface area (Å²) in [6.45, 7) is 16.1. The van der Waals surface area contributed by atoms with Gasteiger partial charge in [0.1, 0.15) is 18.0 Å². The van der Waals surface area contributed by atoms with Crippen molar-refractivity contribution in [3.8, 4) is 0 Å². The Bertz CT molecular complexity index is 1940. The predicted molar refractivity (Wildman–Crippen MR) is 264 cm³/mol. The molecular formula is C48H74ClFN6O13S. The molecule has 1 fully saturated rings. The van der Waals surface area contributed by atoms with Gasteiger partial charge in [-0.2, -0.15) is 0 Å². The average Bonchev–Trinajstić information content (AvgIpc) is 3.67. The summed E-state index contributed by atoms with van der Waals surface area (Å²) >= 11 is 7.48. The minimum absolute atomic E-state index is 0.0980. The van der Waals surface area contributed by atoms with Crippen molar-refractivity contribution in [1.29, 1.82) is 0 Å². The first kappa shape index (κ1) is 58.8. The zero-order valence-corrected chi connectivity index (χ0v) is 42.9. The SMILES string of the molecule is CC(C)(C)OC(=O)CCOCCOCCOCCOCCOCCOCCOCCOCCOC(=O)NSN1CCC(C)(c2ccncc2N(C=O)Cc2nc3cc(Cl)ccc3n2CCCCF)CC1. The highest BCUT2D eigenvalue weighted by molar-refractivity contribution is 7.95. The van der Waals surface area contributed by atoms with Gasteiger partial charge in [0.05, 0.1) is 148 Å². The number of nitrogens with zero attached hydrogens (tertiary/aromatic N) is 5. The van der Waals surface area contributed by atoms with Gasteiger partial charge < -0.3 is 56.8 Å². The van der Waals surface area contributed by atoms with Crippen LogP contribution >= 0.6 is 23.7 Å². The Balaban J connectivity index is 0.942. The predicted octanol–water partition coefficient (Wildman–Crippen LogP) is 6.50. The van der Waals surface area contributed by atoms with Gasteiger partial charge in [-0.3, -0.25) is 23.7 Å². The van der Waals surface area contributed by atoms with Crippen LogP contribution in [0, 0.1) is 0 Å². The van der Waals surface area contributed by atoms with E-state index in [1.807, 2.05) is 37.5 Å². The zero-order valence-electron chi connectivity index (χ0n) is 41.3. The third-order valence-corrected chi connectivity index (χ3v) is 11.9. The molecule has 0 radical (unpaired) electrons. The molecule has 1 N–H and O–H groups in total. The molecule has 2 aromatic heterocycles. The van der Waals surface area contributed by atoms with Crippen LogP contribution in [0.15, 0.2) is 36.7 Å². The zero-order chi connectivity index (χ0) is 50.3. The number of benzene rings is 1. The largest absolute Gasteiger partial charge is 0.460 e. The van der Waals surface area contributed by atoms with Gasteiger partial charge in [-0.15, -0.1) is 0 Å². The van der Waals surface area contributed by atoms with E-state index in [1.165, 1.54) is 12.1 Å². The average molecular weight is 1030 g/mol. The normalized spacial score (nSPS) is 14.0. The van der Waals surface area contributed by atoms with Crippen molar-refractivity contribution < 1.29 is 66.1 Å². The fraction of sp³-hybridized carbons (Fsp3) is 0.688. The van der Waals surface area contributed by atoms with E-state index in [0.29, 0.717) is 148 Å². The maximum absolute atomic E-state index is 13.0. The number of carbonyl (C=O) groups is 3. The number of ether oxygens (including phenoxy) is 10. The van der Waals surface area contributed by atoms with Gasteiger partial charge in [0.15, 0.2) is 0 Å². The van der Waals surface area contributed by atoms with Crippen LogP contribution in [0.5, 0.6) is 0 Å². The molecule has 0 unspecified atom stereocenters. The van der Waals surface area contributed by atoms with Crippen LogP contribution in [0.1, 0.15) is 71.2 Å². The summed E-state index contributed by atoms with van der Waals surface area (Å²) in [6.07, 6.45) is 6.54. The third kappa shape index (κ3) is 23.2. The van der Waals surface area contributed by atoms with E-state index in [0.717, 1.165) is 35.8 Å². The molecule has 22 heteroatoms. The lowest BCUT2D eigenvalue weighted by Crippen LogP contribution is -2.40. The van der Waals surface area contributed by atoms with E-state index < -0.39 is 18.4 Å². The second kappa shape index (κ2) is 33.8. The van der Waals surface area contributed by atoms with Gasteiger partial charge in [0, 0.05) is 43.0 Å². The second-order valence-corrected chi connectivity index (χ2v) is 18.7. The smallest absolute Gasteiger partial charge is 0.418 e. The number of aromatic nitrogens is 3. The summed E-state index contributed by atoms with van der Waals surface area (Å²) < 4.78 is 74.2. The highest BCUT2D eigenvalue weighted by Crippen LogP contribution is 2.41. The van der Waals surface area contributed by atoms with Crippen LogP contribution in [-0.4, -0.2) is 175 Å². The minimum Gasteiger partial charge on any atom is -0.460 e. The number of alkyl halides is 1. The van der Waals surface area contributed by atoms with Crippen LogP contribution in [0.3, 0.4) is 0 Å². The fourth-order valence-electron chi connectivity index (χ4n) is 7.20. The number of amides is 2. The Morgan fingerprint density at radius 3 is 1.89 bits per heavy atom. The Labute approximate surface area is 421 Å². The number of piperidine rings is 1. The lowest BCUT2D eigenvalue weighted by molar-refractivity contribution is -0.156. The number of unbranched alkanes of at least 4 members (excludes halogenated alkanes) is 1. The van der Waals surface area contributed by atoms with E-state index in [-0.39, 0.29) is 37.6 Å². The number of rotatable bonds is 38. The Morgan fingerprint density at radius 1 is 0.814 bits per heavy atom. The first-order valence-electron chi connectivity index (χ1n) is 24.0. The van der Waals surface area contributed by atoms with Crippen LogP contribution in [-0.2, 0) is 75.5 Å². The van der Waals surface area contributed by atoms with Gasteiger partial charge in [0.2, 0.25) is 6.41 Å². The van der Waals surface area contributed by atoms with Crippen LogP contribution in [0.4, 0.5) is 14.9 Å². The monoisotopic (exact) mass is 1030 g/mol. The molecule has 0 atom stereocenters. The van der Waals surface area contributed by atoms with Crippen LogP contribution < -0.4 is 9.62 Å². The van der Waals surface area contributed by atoms with E-state index in [9.17, 15) is 18.8 Å². The molecule has 3 aromatic rings. The quantitative estimate of drug-likeness (QED) is 0.0283. The summed E-state index contributed by atoms with van der Waals surface area (Å²) in [5.74, 6) is 0.401. The van der Waals surface area contributed by atoms with E-state index in [4.69, 9.17) is 64.0 Å². The van der Waals surface area contributed by atoms with Crippen molar-refractivity contribution in [2.24, 2.45) is 0 Å². The number of esters is 1. The maximum Gasteiger partial charge on any atom is 0.418 e. The Morgan fingerprint density at radius 2 is 1.36 bits per heavy atom. The first-order valence-corrected chi connectivity index (χ1v) is 25.1. The standard InChI is InChI=1S/C48H74ClFN6O13S/c1-47(2,3)69-45(58)10-18-60-19-20-61-21-22-62-23-24-63-25-26-64-27-28-65-29-30-66-31-32-67-33-34-68-46(59)53-70-55-16-11-48(4,12-17-55)40-9-14-51-36-43(40)54(38-57)37-44-52-41-35-39(49)7-8-42(41)56(44)15-6-5-13-50/h7-9,14,35-36,38H,5-6,10-13,15-34,37H2,1-4H3,(H,53,59). The molecule has 19 nitrogen and oxygen atoms in total. The van der Waals surface area contributed by atoms with E-state index >= 15 is 0 Å². The van der Waals surface area contributed by atoms with Crippen LogP contribution in [0.2, 0.25) is 5.02 Å². The number of carbonyl (C=O) groups excluding carboxylic acids is 3. The summed E-state index contributed by atoms with van der Waals surface area (Å²) in [5.41, 5.74) is 2.55. The van der Waals surface area contributed by atoms with Gasteiger partial charge in [0.25, 0.3) is 0 Å². The lowest BCUT2D eigenvalue weighted by Gasteiger charge is -2.40. The molecule has 0 spiro atoms. The van der Waals surface area contributed by atoms with Crippen molar-refractivity contribution in [2.45, 2.75) is 83.9 Å². The molecule has 0 saturated carbocycles. The number of hydrogen-bond acceptors (Lipinski definition) is 17. The molecule has 1 saturated heterocycles. The Hall–Kier alpha value is -3.74. The summed E-state index contributed by atoms with van der Waals surface area (Å²) in [5, 5.41) is 0.565. The van der Waals surface area contributed by atoms with Crippen molar-refractivity contribution in [2.75, 3.05) is 137 Å². The van der Waals surface area contributed by atoms with Gasteiger partial charge in [-0.05, 0) is 81.7 Å². The number of imidazole rings is 1. The molecule has 0 bridgehead atoms. The highest BCUT2D eigenvalue weighted by Gasteiger charge is 2.35. The molecular weight excluding hydrogens is 955 g/mol. The molecule has 0 aliphatic carbocycles. The highest BCUT2D eigenvalue weighted by atomic mass is 35.5. The number of anilines is 1.